The molecule has 1 saturated heterocycles. The molecule has 3 N–H and O–H groups in total. The van der Waals surface area contributed by atoms with Gasteiger partial charge in [0.15, 0.2) is 5.69 Å². The number of carbonyl (C=O) groups excluding carboxylic acids is 3. The molecule has 1 atom stereocenters. The molecule has 0 spiro atoms. The van der Waals surface area contributed by atoms with Crippen LogP contribution in [0, 0.1) is 28.5 Å². The predicted molar refractivity (Wildman–Crippen MR) is 130 cm³/mol. The minimum absolute atomic E-state index is 0.0688. The quantitative estimate of drug-likeness (QED) is 0.546. The number of likely N-dealkylation sites (tertiary alicyclic amines) is 1. The summed E-state index contributed by atoms with van der Waals surface area (Å²) < 4.78 is 15.6. The van der Waals surface area contributed by atoms with E-state index in [9.17, 15) is 18.8 Å². The lowest BCUT2D eigenvalue weighted by Crippen LogP contribution is -2.62. The largest absolute Gasteiger partial charge is 0.369 e. The number of benzene rings is 2. The normalized spacial score (nSPS) is 14.7. The zero-order valence-corrected chi connectivity index (χ0v) is 20.3. The molecule has 2 aromatic carbocycles. The van der Waals surface area contributed by atoms with Crippen molar-refractivity contribution in [2.45, 2.75) is 33.4 Å². The van der Waals surface area contributed by atoms with Gasteiger partial charge < -0.3 is 16.0 Å². The molecular weight excluding hydrogens is 463 g/mol. The van der Waals surface area contributed by atoms with E-state index in [1.165, 1.54) is 27.8 Å². The second kappa shape index (κ2) is 9.41. The first kappa shape index (κ1) is 24.9. The fourth-order valence-electron chi connectivity index (χ4n) is 4.16. The van der Waals surface area contributed by atoms with Crippen molar-refractivity contribution < 1.29 is 18.8 Å². The summed E-state index contributed by atoms with van der Waals surface area (Å²) in [6, 6.07) is 12.1. The summed E-state index contributed by atoms with van der Waals surface area (Å²) in [5.74, 6) is -2.19. The maximum absolute atomic E-state index is 14.1. The highest BCUT2D eigenvalue weighted by atomic mass is 19.1. The summed E-state index contributed by atoms with van der Waals surface area (Å²) >= 11 is 0. The molecule has 3 aromatic rings. The molecule has 0 saturated carbocycles. The van der Waals surface area contributed by atoms with E-state index in [0.717, 1.165) is 5.56 Å². The smallest absolute Gasteiger partial charge is 0.273 e. The Hall–Kier alpha value is -4.26. The summed E-state index contributed by atoms with van der Waals surface area (Å²) in [4.78, 5) is 39.4. The van der Waals surface area contributed by atoms with Crippen LogP contribution in [0.4, 0.5) is 4.39 Å². The topological polar surface area (TPSA) is 134 Å². The van der Waals surface area contributed by atoms with Crippen LogP contribution in [-0.4, -0.2) is 51.5 Å². The van der Waals surface area contributed by atoms with E-state index in [4.69, 9.17) is 11.0 Å². The third kappa shape index (κ3) is 4.91. The van der Waals surface area contributed by atoms with Gasteiger partial charge in [-0.05, 0) is 41.3 Å². The molecule has 9 nitrogen and oxygen atoms in total. The number of nitriles is 1. The van der Waals surface area contributed by atoms with E-state index in [0.29, 0.717) is 16.5 Å². The van der Waals surface area contributed by atoms with Gasteiger partial charge in [-0.15, -0.1) is 0 Å². The molecule has 186 valence electrons. The maximum atomic E-state index is 14.1. The Bertz CT molecular complexity index is 1380. The van der Waals surface area contributed by atoms with E-state index in [-0.39, 0.29) is 37.2 Å². The number of carbonyl (C=O) groups is 3. The number of nitrogens with zero attached hydrogens (tertiary/aromatic N) is 4. The molecule has 10 heteroatoms. The van der Waals surface area contributed by atoms with Crippen LogP contribution in [0.1, 0.15) is 42.4 Å². The molecule has 36 heavy (non-hydrogen) atoms. The average molecular weight is 491 g/mol. The molecule has 0 aliphatic carbocycles. The average Bonchev–Trinajstić information content (AvgIpc) is 3.13. The van der Waals surface area contributed by atoms with E-state index >= 15 is 0 Å². The van der Waals surface area contributed by atoms with Gasteiger partial charge in [0.05, 0.1) is 29.6 Å². The van der Waals surface area contributed by atoms with Gasteiger partial charge in [-0.25, -0.2) is 4.39 Å². The van der Waals surface area contributed by atoms with Crippen molar-refractivity contribution in [1.82, 2.24) is 20.0 Å². The molecule has 0 bridgehead atoms. The van der Waals surface area contributed by atoms with Crippen LogP contribution in [0.5, 0.6) is 0 Å². The lowest BCUT2D eigenvalue weighted by atomic mass is 9.84. The Morgan fingerprint density at radius 2 is 1.86 bits per heavy atom. The van der Waals surface area contributed by atoms with Crippen molar-refractivity contribution in [3.05, 3.63) is 65.1 Å². The van der Waals surface area contributed by atoms with Crippen LogP contribution < -0.4 is 11.1 Å². The van der Waals surface area contributed by atoms with Gasteiger partial charge in [0.25, 0.3) is 5.91 Å². The van der Waals surface area contributed by atoms with Crippen LogP contribution in [0.2, 0.25) is 0 Å². The lowest BCUT2D eigenvalue weighted by Gasteiger charge is -2.42. The maximum Gasteiger partial charge on any atom is 0.273 e. The number of hydrogen-bond donors (Lipinski definition) is 2. The van der Waals surface area contributed by atoms with Crippen LogP contribution >= 0.6 is 0 Å². The molecule has 1 aromatic heterocycles. The number of aromatic nitrogens is 2. The van der Waals surface area contributed by atoms with Gasteiger partial charge in [-0.1, -0.05) is 32.9 Å². The zero-order chi connectivity index (χ0) is 26.2. The molecule has 1 unspecified atom stereocenters. The molecule has 1 fully saturated rings. The van der Waals surface area contributed by atoms with Gasteiger partial charge in [-0.2, -0.15) is 10.4 Å². The monoisotopic (exact) mass is 490 g/mol. The van der Waals surface area contributed by atoms with Gasteiger partial charge in [-0.3, -0.25) is 19.1 Å². The van der Waals surface area contributed by atoms with Gasteiger partial charge in [0, 0.05) is 18.5 Å². The van der Waals surface area contributed by atoms with E-state index < -0.39 is 29.1 Å². The molecule has 0 radical (unpaired) electrons. The first-order valence-electron chi connectivity index (χ1n) is 11.5. The lowest BCUT2D eigenvalue weighted by molar-refractivity contribution is -0.145. The highest BCUT2D eigenvalue weighted by Gasteiger charge is 2.42. The highest BCUT2D eigenvalue weighted by molar-refractivity contribution is 6.06. The summed E-state index contributed by atoms with van der Waals surface area (Å²) in [6.45, 7) is 6.19. The van der Waals surface area contributed by atoms with Crippen LogP contribution in [0.15, 0.2) is 42.5 Å². The Labute approximate surface area is 207 Å². The van der Waals surface area contributed by atoms with Crippen LogP contribution in [0.25, 0.3) is 10.9 Å². The van der Waals surface area contributed by atoms with Crippen molar-refractivity contribution in [3.8, 4) is 6.07 Å². The predicted octanol–water partition coefficient (Wildman–Crippen LogP) is 2.18. The van der Waals surface area contributed by atoms with Gasteiger partial charge in [0.1, 0.15) is 11.9 Å². The Morgan fingerprint density at radius 1 is 1.19 bits per heavy atom. The minimum Gasteiger partial charge on any atom is -0.369 e. The van der Waals surface area contributed by atoms with Crippen molar-refractivity contribution in [3.63, 3.8) is 0 Å². The van der Waals surface area contributed by atoms with Crippen LogP contribution in [-0.2, 0) is 16.1 Å². The molecular formula is C26H27FN6O3. The first-order chi connectivity index (χ1) is 17.0. The number of amides is 3. The molecule has 2 heterocycles. The Morgan fingerprint density at radius 3 is 2.44 bits per heavy atom. The van der Waals surface area contributed by atoms with Crippen molar-refractivity contribution in [1.29, 1.82) is 5.26 Å². The Balaban J connectivity index is 1.62. The SMILES string of the molecule is CC(C)(C)C(NC(=O)c1nn(Cc2ccc(C#N)cc2)c2cc(F)ccc12)C(=O)N1CC(C(N)=O)C1. The van der Waals surface area contributed by atoms with Crippen molar-refractivity contribution in [2.24, 2.45) is 17.1 Å². The number of fused-ring (bicyclic) bond motifs is 1. The summed E-state index contributed by atoms with van der Waals surface area (Å²) in [5, 5.41) is 16.7. The highest BCUT2D eigenvalue weighted by Crippen LogP contribution is 2.27. The number of halogens is 1. The van der Waals surface area contributed by atoms with E-state index in [1.807, 2.05) is 20.8 Å². The third-order valence-corrected chi connectivity index (χ3v) is 6.33. The molecule has 1 aliphatic heterocycles. The summed E-state index contributed by atoms with van der Waals surface area (Å²) in [6.07, 6.45) is 0. The minimum atomic E-state index is -0.877. The summed E-state index contributed by atoms with van der Waals surface area (Å²) in [5.41, 5.74) is 6.51. The summed E-state index contributed by atoms with van der Waals surface area (Å²) in [7, 11) is 0. The second-order valence-corrected chi connectivity index (χ2v) is 10.1. The number of rotatable bonds is 6. The van der Waals surface area contributed by atoms with Gasteiger partial charge >= 0.3 is 0 Å². The fraction of sp³-hybridized carbons (Fsp3) is 0.346. The van der Waals surface area contributed by atoms with Crippen molar-refractivity contribution in [2.75, 3.05) is 13.1 Å². The standard InChI is InChI=1S/C26H27FN6O3/c1-26(2,3)22(25(36)32-13-17(14-32)23(29)34)30-24(35)21-19-9-8-18(27)10-20(19)33(31-21)12-16-6-4-15(11-28)5-7-16/h4-10,17,22H,12-14H2,1-3H3,(H2,29,34)(H,30,35). The second-order valence-electron chi connectivity index (χ2n) is 10.1. The van der Waals surface area contributed by atoms with Gasteiger partial charge in [0.2, 0.25) is 11.8 Å². The zero-order valence-electron chi connectivity index (χ0n) is 20.3. The fourth-order valence-corrected chi connectivity index (χ4v) is 4.16. The number of nitrogens with two attached hydrogens (primary N) is 1. The first-order valence-corrected chi connectivity index (χ1v) is 11.5. The molecule has 4 rings (SSSR count). The number of nitrogens with one attached hydrogen (secondary N) is 1. The Kier molecular flexibility index (Phi) is 6.50. The van der Waals surface area contributed by atoms with E-state index in [1.54, 1.807) is 24.3 Å². The number of hydrogen-bond acceptors (Lipinski definition) is 5. The number of primary amides is 1. The van der Waals surface area contributed by atoms with Crippen molar-refractivity contribution >= 4 is 28.6 Å². The van der Waals surface area contributed by atoms with E-state index in [2.05, 4.69) is 16.5 Å². The van der Waals surface area contributed by atoms with Crippen LogP contribution in [0.3, 0.4) is 0 Å². The third-order valence-electron chi connectivity index (χ3n) is 6.33. The molecule has 1 aliphatic rings. The molecule has 3 amide bonds.